The molecule has 19 heavy (non-hydrogen) atoms. The van der Waals surface area contributed by atoms with E-state index >= 15 is 0 Å². The molecule has 6 nitrogen and oxygen atoms in total. The zero-order valence-corrected chi connectivity index (χ0v) is 10.3. The Hall–Kier alpha value is -2.22. The molecule has 0 aliphatic heterocycles. The molecule has 2 aromatic rings. The van der Waals surface area contributed by atoms with Crippen LogP contribution in [0.1, 0.15) is 6.92 Å². The summed E-state index contributed by atoms with van der Waals surface area (Å²) in [5.74, 6) is 3.22. The van der Waals surface area contributed by atoms with Crippen LogP contribution >= 0.6 is 0 Å². The second-order valence-corrected chi connectivity index (χ2v) is 4.10. The van der Waals surface area contributed by atoms with Gasteiger partial charge < -0.3 is 15.3 Å². The maximum absolute atomic E-state index is 13.6. The fraction of sp³-hybridized carbons (Fsp3) is 0.273. The Morgan fingerprint density at radius 3 is 2.74 bits per heavy atom. The number of rotatable bonds is 5. The van der Waals surface area contributed by atoms with Crippen molar-refractivity contribution >= 4 is 11.6 Å². The lowest BCUT2D eigenvalue weighted by Crippen LogP contribution is -2.23. The second-order valence-electron chi connectivity index (χ2n) is 4.10. The molecule has 0 saturated carbocycles. The van der Waals surface area contributed by atoms with Gasteiger partial charge in [0, 0.05) is 31.0 Å². The van der Waals surface area contributed by atoms with E-state index in [1.54, 1.807) is 18.7 Å². The average molecular weight is 268 g/mol. The molecule has 1 atom stereocenters. The molecular formula is C11H14F2N6. The highest BCUT2D eigenvalue weighted by Gasteiger charge is 2.13. The predicted molar refractivity (Wildman–Crippen MR) is 67.3 cm³/mol. The van der Waals surface area contributed by atoms with Gasteiger partial charge in [-0.25, -0.2) is 24.6 Å². The number of anilines is 2. The van der Waals surface area contributed by atoms with Crippen LogP contribution in [0.5, 0.6) is 0 Å². The van der Waals surface area contributed by atoms with Crippen molar-refractivity contribution < 1.29 is 8.78 Å². The van der Waals surface area contributed by atoms with Crippen molar-refractivity contribution in [2.75, 3.05) is 10.7 Å². The summed E-state index contributed by atoms with van der Waals surface area (Å²) in [6.07, 6.45) is 5.10. The Morgan fingerprint density at radius 1 is 1.37 bits per heavy atom. The van der Waals surface area contributed by atoms with Crippen molar-refractivity contribution in [1.82, 2.24) is 14.5 Å². The largest absolute Gasteiger partial charge is 0.363 e. The van der Waals surface area contributed by atoms with Crippen molar-refractivity contribution in [3.05, 3.63) is 36.4 Å². The summed E-state index contributed by atoms with van der Waals surface area (Å²) in [6, 6.07) is 0.612. The van der Waals surface area contributed by atoms with Crippen LogP contribution in [0.25, 0.3) is 0 Å². The van der Waals surface area contributed by atoms with Crippen molar-refractivity contribution in [3.8, 4) is 0 Å². The smallest absolute Gasteiger partial charge is 0.178 e. The standard InChI is InChI=1S/C11H14F2N6/c1-7(5-19-3-2-15-6-19)16-10-8(12)4-9(13)11(17-10)18-14/h2-4,6-7H,5,14H2,1H3,(H2,16,17,18). The summed E-state index contributed by atoms with van der Waals surface area (Å²) in [7, 11) is 0. The fourth-order valence-corrected chi connectivity index (χ4v) is 1.66. The topological polar surface area (TPSA) is 80.8 Å². The molecule has 4 N–H and O–H groups in total. The molecule has 0 radical (unpaired) electrons. The first-order valence-electron chi connectivity index (χ1n) is 5.65. The Bertz CT molecular complexity index is 542. The third kappa shape index (κ3) is 3.16. The predicted octanol–water partition coefficient (Wildman–Crippen LogP) is 1.34. The van der Waals surface area contributed by atoms with Crippen LogP contribution in [0, 0.1) is 11.6 Å². The van der Waals surface area contributed by atoms with Crippen LogP contribution in [-0.4, -0.2) is 20.6 Å². The number of pyridine rings is 1. The molecular weight excluding hydrogens is 254 g/mol. The molecule has 102 valence electrons. The molecule has 0 bridgehead atoms. The highest BCUT2D eigenvalue weighted by Crippen LogP contribution is 2.19. The van der Waals surface area contributed by atoms with Crippen molar-refractivity contribution in [3.63, 3.8) is 0 Å². The third-order valence-corrected chi connectivity index (χ3v) is 2.49. The van der Waals surface area contributed by atoms with Crippen LogP contribution in [-0.2, 0) is 6.54 Å². The normalized spacial score (nSPS) is 12.2. The number of nitrogens with one attached hydrogen (secondary N) is 2. The van der Waals surface area contributed by atoms with E-state index in [0.717, 1.165) is 6.07 Å². The maximum atomic E-state index is 13.6. The Morgan fingerprint density at radius 2 is 2.11 bits per heavy atom. The minimum atomic E-state index is -0.840. The molecule has 0 aromatic carbocycles. The lowest BCUT2D eigenvalue weighted by atomic mass is 10.3. The molecule has 0 fully saturated rings. The number of hydrogen-bond donors (Lipinski definition) is 3. The summed E-state index contributed by atoms with van der Waals surface area (Å²) >= 11 is 0. The first kappa shape index (κ1) is 13.2. The molecule has 8 heteroatoms. The van der Waals surface area contributed by atoms with E-state index in [4.69, 9.17) is 5.84 Å². The van der Waals surface area contributed by atoms with Gasteiger partial charge in [0.2, 0.25) is 0 Å². The SMILES string of the molecule is CC(Cn1ccnc1)Nc1nc(NN)c(F)cc1F. The summed E-state index contributed by atoms with van der Waals surface area (Å²) in [6.45, 7) is 2.42. The summed E-state index contributed by atoms with van der Waals surface area (Å²) < 4.78 is 28.6. The van der Waals surface area contributed by atoms with Gasteiger partial charge in [-0.1, -0.05) is 0 Å². The number of hydrazine groups is 1. The van der Waals surface area contributed by atoms with Crippen LogP contribution in [0.2, 0.25) is 0 Å². The van der Waals surface area contributed by atoms with Crippen LogP contribution in [0.3, 0.4) is 0 Å². The number of aromatic nitrogens is 3. The van der Waals surface area contributed by atoms with E-state index in [9.17, 15) is 8.78 Å². The van der Waals surface area contributed by atoms with Gasteiger partial charge in [0.1, 0.15) is 0 Å². The van der Waals surface area contributed by atoms with Gasteiger partial charge in [0.25, 0.3) is 0 Å². The minimum absolute atomic E-state index is 0.0537. The number of nitrogens with two attached hydrogens (primary N) is 1. The number of nitrogen functional groups attached to an aromatic ring is 1. The van der Waals surface area contributed by atoms with Gasteiger partial charge in [-0.05, 0) is 6.92 Å². The van der Waals surface area contributed by atoms with Gasteiger partial charge in [-0.2, -0.15) is 0 Å². The maximum Gasteiger partial charge on any atom is 0.178 e. The first-order chi connectivity index (χ1) is 9.10. The minimum Gasteiger partial charge on any atom is -0.363 e. The first-order valence-corrected chi connectivity index (χ1v) is 5.65. The Labute approximate surface area is 108 Å². The molecule has 2 rings (SSSR count). The Balaban J connectivity index is 2.09. The summed E-state index contributed by atoms with van der Waals surface area (Å²) in [5, 5.41) is 2.85. The lowest BCUT2D eigenvalue weighted by Gasteiger charge is -2.16. The molecule has 2 aromatic heterocycles. The second kappa shape index (κ2) is 5.61. The molecule has 0 spiro atoms. The quantitative estimate of drug-likeness (QED) is 0.563. The van der Waals surface area contributed by atoms with E-state index in [1.165, 1.54) is 0 Å². The number of nitrogens with zero attached hydrogens (tertiary/aromatic N) is 3. The number of halogens is 2. The highest BCUT2D eigenvalue weighted by atomic mass is 19.1. The molecule has 1 unspecified atom stereocenters. The van der Waals surface area contributed by atoms with Crippen molar-refractivity contribution in [2.45, 2.75) is 19.5 Å². The van der Waals surface area contributed by atoms with Crippen molar-refractivity contribution in [2.24, 2.45) is 5.84 Å². The van der Waals surface area contributed by atoms with E-state index in [-0.39, 0.29) is 17.7 Å². The molecule has 0 aliphatic rings. The van der Waals surface area contributed by atoms with E-state index in [0.29, 0.717) is 6.54 Å². The summed E-state index contributed by atoms with van der Waals surface area (Å²) in [5.41, 5.74) is 2.07. The lowest BCUT2D eigenvalue weighted by molar-refractivity contribution is 0.568. The van der Waals surface area contributed by atoms with Crippen LogP contribution in [0.4, 0.5) is 20.4 Å². The molecule has 2 heterocycles. The van der Waals surface area contributed by atoms with Crippen LogP contribution < -0.4 is 16.6 Å². The summed E-state index contributed by atoms with van der Waals surface area (Å²) in [4.78, 5) is 7.65. The molecule has 0 aliphatic carbocycles. The van der Waals surface area contributed by atoms with Gasteiger partial charge in [0.05, 0.1) is 6.33 Å². The monoisotopic (exact) mass is 268 g/mol. The van der Waals surface area contributed by atoms with Gasteiger partial charge >= 0.3 is 0 Å². The zero-order valence-electron chi connectivity index (χ0n) is 10.3. The molecule has 0 saturated heterocycles. The highest BCUT2D eigenvalue weighted by molar-refractivity contribution is 5.47. The number of imidazole rings is 1. The van der Waals surface area contributed by atoms with Gasteiger partial charge in [-0.15, -0.1) is 0 Å². The molecule has 0 amide bonds. The van der Waals surface area contributed by atoms with Crippen molar-refractivity contribution in [1.29, 1.82) is 0 Å². The fourth-order valence-electron chi connectivity index (χ4n) is 1.66. The van der Waals surface area contributed by atoms with Gasteiger partial charge in [-0.3, -0.25) is 0 Å². The third-order valence-electron chi connectivity index (χ3n) is 2.49. The van der Waals surface area contributed by atoms with Gasteiger partial charge in [0.15, 0.2) is 23.3 Å². The average Bonchev–Trinajstić information content (AvgIpc) is 2.85. The van der Waals surface area contributed by atoms with Crippen LogP contribution in [0.15, 0.2) is 24.8 Å². The van der Waals surface area contributed by atoms with E-state index < -0.39 is 11.6 Å². The van der Waals surface area contributed by atoms with E-state index in [2.05, 4.69) is 20.7 Å². The zero-order chi connectivity index (χ0) is 13.8. The van der Waals surface area contributed by atoms with E-state index in [1.807, 2.05) is 11.5 Å². The Kier molecular flexibility index (Phi) is 3.91. The number of hydrogen-bond acceptors (Lipinski definition) is 5.